The van der Waals surface area contributed by atoms with E-state index >= 15 is 0 Å². The Morgan fingerprint density at radius 2 is 1.67 bits per heavy atom. The lowest BCUT2D eigenvalue weighted by molar-refractivity contribution is -0.149. The number of nitrogens with zero attached hydrogens (tertiary/aromatic N) is 5. The van der Waals surface area contributed by atoms with Crippen LogP contribution in [0.3, 0.4) is 0 Å². The van der Waals surface area contributed by atoms with Gasteiger partial charge in [-0.15, -0.1) is 5.10 Å². The first-order valence-electron chi connectivity index (χ1n) is 10.6. The molecule has 10 heteroatoms. The third-order valence-electron chi connectivity index (χ3n) is 5.88. The van der Waals surface area contributed by atoms with Crippen molar-refractivity contribution in [2.75, 3.05) is 36.4 Å². The molecule has 1 aromatic heterocycles. The molecule has 174 valence electrons. The Labute approximate surface area is 190 Å². The molecule has 2 N–H and O–H groups in total. The van der Waals surface area contributed by atoms with Crippen molar-refractivity contribution in [2.45, 2.75) is 26.3 Å². The van der Waals surface area contributed by atoms with Gasteiger partial charge in [-0.25, -0.2) is 13.5 Å². The zero-order chi connectivity index (χ0) is 23.8. The van der Waals surface area contributed by atoms with Crippen LogP contribution < -0.4 is 10.2 Å². The van der Waals surface area contributed by atoms with Crippen molar-refractivity contribution in [2.24, 2.45) is 0 Å². The number of nitrogens with one attached hydrogen (secondary N) is 1. The summed E-state index contributed by atoms with van der Waals surface area (Å²) in [6.07, 6.45) is 1.39. The molecule has 1 saturated heterocycles. The molecule has 2 aromatic carbocycles. The van der Waals surface area contributed by atoms with Gasteiger partial charge in [0.15, 0.2) is 0 Å². The van der Waals surface area contributed by atoms with Crippen LogP contribution >= 0.6 is 0 Å². The molecule has 1 fully saturated rings. The van der Waals surface area contributed by atoms with Gasteiger partial charge in [-0.1, -0.05) is 0 Å². The van der Waals surface area contributed by atoms with Crippen LogP contribution in [-0.4, -0.2) is 62.5 Å². The van der Waals surface area contributed by atoms with Gasteiger partial charge in [-0.05, 0) is 56.7 Å². The molecule has 0 amide bonds. The summed E-state index contributed by atoms with van der Waals surface area (Å²) in [5.74, 6) is -1.91. The number of aryl methyl sites for hydroxylation is 1. The van der Waals surface area contributed by atoms with E-state index < -0.39 is 23.1 Å². The third-order valence-corrected chi connectivity index (χ3v) is 5.88. The van der Waals surface area contributed by atoms with Gasteiger partial charge in [-0.2, -0.15) is 4.98 Å². The first-order valence-corrected chi connectivity index (χ1v) is 10.6. The average Bonchev–Trinajstić information content (AvgIpc) is 3.21. The number of carboxylic acids is 1. The van der Waals surface area contributed by atoms with Gasteiger partial charge in [0, 0.05) is 43.6 Å². The Hall–Kier alpha value is -3.53. The molecule has 0 atom stereocenters. The number of carboxylic acid groups (broad SMARTS) is 1. The fraction of sp³-hybridized carbons (Fsp3) is 0.348. The fourth-order valence-corrected chi connectivity index (χ4v) is 3.92. The second-order valence-electron chi connectivity index (χ2n) is 8.66. The van der Waals surface area contributed by atoms with Crippen LogP contribution in [0, 0.1) is 18.6 Å². The number of anilines is 3. The summed E-state index contributed by atoms with van der Waals surface area (Å²) in [6.45, 7) is 8.14. The van der Waals surface area contributed by atoms with Crippen LogP contribution in [0.15, 0.2) is 42.7 Å². The van der Waals surface area contributed by atoms with Crippen LogP contribution in [0.1, 0.15) is 19.4 Å². The quantitative estimate of drug-likeness (QED) is 0.586. The normalized spacial score (nSPS) is 15.0. The highest BCUT2D eigenvalue weighted by Crippen LogP contribution is 2.27. The van der Waals surface area contributed by atoms with E-state index in [1.165, 1.54) is 23.1 Å². The largest absolute Gasteiger partial charge is 0.480 e. The van der Waals surface area contributed by atoms with Gasteiger partial charge in [0.2, 0.25) is 5.95 Å². The maximum Gasteiger partial charge on any atom is 0.323 e. The highest BCUT2D eigenvalue weighted by atomic mass is 19.1. The van der Waals surface area contributed by atoms with Crippen molar-refractivity contribution in [3.8, 4) is 5.69 Å². The first-order chi connectivity index (χ1) is 15.6. The fourth-order valence-electron chi connectivity index (χ4n) is 3.92. The molecule has 1 aliphatic heterocycles. The number of hydrogen-bond acceptors (Lipinski definition) is 6. The van der Waals surface area contributed by atoms with Gasteiger partial charge in [0.05, 0.1) is 5.69 Å². The monoisotopic (exact) mass is 456 g/mol. The van der Waals surface area contributed by atoms with Crippen LogP contribution in [0.2, 0.25) is 0 Å². The minimum Gasteiger partial charge on any atom is -0.480 e. The summed E-state index contributed by atoms with van der Waals surface area (Å²) in [6, 6.07) is 9.17. The standard InChI is InChI=1S/C23H26F2N6O2/c1-15-8-18(27-22-26-14-31(28-22)20-11-16(24)10-17(25)12-20)13-19(9-15)29-4-6-30(7-5-29)23(2,3)21(32)33/h8-14H,4-7H2,1-3H3,(H,27,28)(H,32,33). The van der Waals surface area contributed by atoms with Crippen molar-refractivity contribution < 1.29 is 18.7 Å². The molecule has 2 heterocycles. The van der Waals surface area contributed by atoms with E-state index in [0.717, 1.165) is 23.0 Å². The second-order valence-corrected chi connectivity index (χ2v) is 8.66. The molecule has 1 aliphatic rings. The Bertz CT molecular complexity index is 1150. The molecule has 0 radical (unpaired) electrons. The molecule has 0 aliphatic carbocycles. The maximum atomic E-state index is 13.5. The minimum absolute atomic E-state index is 0.236. The number of carbonyl (C=O) groups is 1. The molecule has 33 heavy (non-hydrogen) atoms. The summed E-state index contributed by atoms with van der Waals surface area (Å²) in [7, 11) is 0. The molecular formula is C23H26F2N6O2. The highest BCUT2D eigenvalue weighted by Gasteiger charge is 2.36. The van der Waals surface area contributed by atoms with E-state index in [4.69, 9.17) is 0 Å². The van der Waals surface area contributed by atoms with Gasteiger partial charge in [-0.3, -0.25) is 9.69 Å². The zero-order valence-electron chi connectivity index (χ0n) is 18.7. The van der Waals surface area contributed by atoms with E-state index in [9.17, 15) is 18.7 Å². The highest BCUT2D eigenvalue weighted by molar-refractivity contribution is 5.77. The van der Waals surface area contributed by atoms with Gasteiger partial charge < -0.3 is 15.3 Å². The van der Waals surface area contributed by atoms with E-state index in [1.807, 2.05) is 24.0 Å². The van der Waals surface area contributed by atoms with Gasteiger partial charge in [0.25, 0.3) is 0 Å². The number of aliphatic carboxylic acids is 1. The van der Waals surface area contributed by atoms with Crippen LogP contribution in [0.5, 0.6) is 0 Å². The summed E-state index contributed by atoms with van der Waals surface area (Å²) >= 11 is 0. The van der Waals surface area contributed by atoms with Crippen LogP contribution in [0.25, 0.3) is 5.69 Å². The Morgan fingerprint density at radius 3 is 2.30 bits per heavy atom. The summed E-state index contributed by atoms with van der Waals surface area (Å²) in [5, 5.41) is 16.9. The second kappa shape index (κ2) is 8.78. The van der Waals surface area contributed by atoms with Crippen molar-refractivity contribution >= 4 is 23.3 Å². The SMILES string of the molecule is Cc1cc(Nc2ncn(-c3cc(F)cc(F)c3)n2)cc(N2CCN(C(C)(C)C(=O)O)CC2)c1. The van der Waals surface area contributed by atoms with E-state index in [0.29, 0.717) is 32.1 Å². The molecule has 4 rings (SSSR count). The molecule has 0 saturated carbocycles. The van der Waals surface area contributed by atoms with E-state index in [2.05, 4.69) is 26.4 Å². The van der Waals surface area contributed by atoms with Crippen molar-refractivity contribution in [3.63, 3.8) is 0 Å². The smallest absolute Gasteiger partial charge is 0.323 e. The Balaban J connectivity index is 1.48. The number of benzene rings is 2. The third kappa shape index (κ3) is 4.95. The summed E-state index contributed by atoms with van der Waals surface area (Å²) < 4.78 is 28.3. The van der Waals surface area contributed by atoms with E-state index in [1.54, 1.807) is 13.8 Å². The summed E-state index contributed by atoms with van der Waals surface area (Å²) in [4.78, 5) is 19.9. The number of halogens is 2. The molecule has 3 aromatic rings. The maximum absolute atomic E-state index is 13.5. The Morgan fingerprint density at radius 1 is 1.00 bits per heavy atom. The van der Waals surface area contributed by atoms with E-state index in [-0.39, 0.29) is 5.69 Å². The lowest BCUT2D eigenvalue weighted by Gasteiger charge is -2.42. The molecule has 8 nitrogen and oxygen atoms in total. The topological polar surface area (TPSA) is 86.5 Å². The Kier molecular flexibility index (Phi) is 6.03. The zero-order valence-corrected chi connectivity index (χ0v) is 18.7. The first kappa shape index (κ1) is 22.7. The molecule has 0 bridgehead atoms. The van der Waals surface area contributed by atoms with Crippen molar-refractivity contribution in [1.82, 2.24) is 19.7 Å². The number of piperazine rings is 1. The number of aromatic nitrogens is 3. The van der Waals surface area contributed by atoms with Crippen LogP contribution in [0.4, 0.5) is 26.1 Å². The van der Waals surface area contributed by atoms with Gasteiger partial charge in [0.1, 0.15) is 23.5 Å². The minimum atomic E-state index is -0.902. The number of hydrogen-bond donors (Lipinski definition) is 2. The van der Waals surface area contributed by atoms with Gasteiger partial charge >= 0.3 is 5.97 Å². The lowest BCUT2D eigenvalue weighted by Crippen LogP contribution is -2.58. The average molecular weight is 456 g/mol. The predicted octanol–water partition coefficient (Wildman–Crippen LogP) is 3.58. The predicted molar refractivity (Wildman–Crippen MR) is 121 cm³/mol. The number of rotatable bonds is 6. The van der Waals surface area contributed by atoms with Crippen molar-refractivity contribution in [1.29, 1.82) is 0 Å². The molecule has 0 unspecified atom stereocenters. The van der Waals surface area contributed by atoms with Crippen molar-refractivity contribution in [3.05, 3.63) is 59.9 Å². The summed E-state index contributed by atoms with van der Waals surface area (Å²) in [5.41, 5.74) is 2.16. The van der Waals surface area contributed by atoms with Crippen LogP contribution in [-0.2, 0) is 4.79 Å². The lowest BCUT2D eigenvalue weighted by atomic mass is 10.0. The molecule has 0 spiro atoms. The molecular weight excluding hydrogens is 430 g/mol.